The van der Waals surface area contributed by atoms with Crippen molar-refractivity contribution in [3.63, 3.8) is 0 Å². The van der Waals surface area contributed by atoms with Crippen molar-refractivity contribution in [1.82, 2.24) is 19.6 Å². The molecule has 9 nitrogen and oxygen atoms in total. The number of aromatic carboxylic acids is 1. The second-order valence-corrected chi connectivity index (χ2v) is 7.18. The normalized spacial score (nSPS) is 11.2. The number of carboxylic acids is 1. The summed E-state index contributed by atoms with van der Waals surface area (Å²) in [6.07, 6.45) is 3.57. The second-order valence-electron chi connectivity index (χ2n) is 7.18. The molecule has 0 aliphatic carbocycles. The highest BCUT2D eigenvalue weighted by molar-refractivity contribution is 6.02. The molecule has 11 heteroatoms. The number of carbonyl (C=O) groups is 1. The topological polar surface area (TPSA) is 101 Å². The molecule has 0 radical (unpaired) electrons. The van der Waals surface area contributed by atoms with E-state index >= 15 is 0 Å². The Kier molecular flexibility index (Phi) is 5.62. The van der Waals surface area contributed by atoms with Crippen LogP contribution >= 0.6 is 0 Å². The van der Waals surface area contributed by atoms with Gasteiger partial charge < -0.3 is 19.3 Å². The fourth-order valence-electron chi connectivity index (χ4n) is 3.81. The summed E-state index contributed by atoms with van der Waals surface area (Å²) in [6.45, 7) is -3.22. The van der Waals surface area contributed by atoms with Gasteiger partial charge >= 0.3 is 12.6 Å². The van der Waals surface area contributed by atoms with Crippen molar-refractivity contribution < 1.29 is 32.9 Å². The third kappa shape index (κ3) is 3.93. The Morgan fingerprint density at radius 1 is 1.00 bits per heavy atom. The molecular formula is C22H20F2N4O5. The van der Waals surface area contributed by atoms with Crippen LogP contribution in [-0.4, -0.2) is 51.5 Å². The Hall–Kier alpha value is -4.15. The quantitative estimate of drug-likeness (QED) is 0.447. The van der Waals surface area contributed by atoms with E-state index in [9.17, 15) is 18.7 Å². The van der Waals surface area contributed by atoms with Crippen LogP contribution in [0.3, 0.4) is 0 Å². The summed E-state index contributed by atoms with van der Waals surface area (Å²) in [5.41, 5.74) is 2.66. The molecule has 33 heavy (non-hydrogen) atoms. The Balaban J connectivity index is 1.98. The summed E-state index contributed by atoms with van der Waals surface area (Å²) in [5.74, 6) is -1.61. The molecular weight excluding hydrogens is 438 g/mol. The highest BCUT2D eigenvalue weighted by Gasteiger charge is 2.25. The number of fused-ring (bicyclic) bond motifs is 1. The minimum absolute atomic E-state index is 0.129. The molecule has 0 bridgehead atoms. The van der Waals surface area contributed by atoms with Gasteiger partial charge in [-0.25, -0.2) is 4.79 Å². The molecule has 172 valence electrons. The van der Waals surface area contributed by atoms with Gasteiger partial charge in [-0.05, 0) is 29.8 Å². The molecule has 0 aliphatic rings. The van der Waals surface area contributed by atoms with Gasteiger partial charge in [-0.3, -0.25) is 9.36 Å². The van der Waals surface area contributed by atoms with Gasteiger partial charge in [-0.1, -0.05) is 0 Å². The number of methoxy groups -OCH3 is 2. The molecule has 0 amide bonds. The van der Waals surface area contributed by atoms with Crippen LogP contribution in [-0.2, 0) is 14.1 Å². The molecule has 1 N–H and O–H groups in total. The summed E-state index contributed by atoms with van der Waals surface area (Å²) in [7, 11) is 6.26. The van der Waals surface area contributed by atoms with E-state index in [4.69, 9.17) is 9.47 Å². The average Bonchev–Trinajstić information content (AvgIpc) is 3.33. The Morgan fingerprint density at radius 3 is 2.24 bits per heavy atom. The van der Waals surface area contributed by atoms with Crippen LogP contribution in [0.15, 0.2) is 36.7 Å². The molecule has 0 saturated carbocycles. The summed E-state index contributed by atoms with van der Waals surface area (Å²) in [5, 5.41) is 18.9. The fraction of sp³-hybridized carbons (Fsp3) is 0.227. The van der Waals surface area contributed by atoms with Gasteiger partial charge in [0.1, 0.15) is 22.8 Å². The zero-order valence-electron chi connectivity index (χ0n) is 18.2. The molecule has 0 fully saturated rings. The van der Waals surface area contributed by atoms with Crippen molar-refractivity contribution in [2.45, 2.75) is 6.61 Å². The number of hydrogen-bond donors (Lipinski definition) is 1. The van der Waals surface area contributed by atoms with Crippen LogP contribution in [0, 0.1) is 0 Å². The molecule has 0 spiro atoms. The van der Waals surface area contributed by atoms with E-state index in [0.717, 1.165) is 11.1 Å². The first-order chi connectivity index (χ1) is 15.7. The predicted octanol–water partition coefficient (Wildman–Crippen LogP) is 3.96. The number of carboxylic acid groups (broad SMARTS) is 1. The molecule has 4 rings (SSSR count). The monoisotopic (exact) mass is 458 g/mol. The highest BCUT2D eigenvalue weighted by atomic mass is 19.3. The van der Waals surface area contributed by atoms with Crippen molar-refractivity contribution in [3.8, 4) is 39.6 Å². The molecule has 0 saturated heterocycles. The smallest absolute Gasteiger partial charge is 0.387 e. The maximum absolute atomic E-state index is 13.0. The Morgan fingerprint density at radius 2 is 1.67 bits per heavy atom. The predicted molar refractivity (Wildman–Crippen MR) is 115 cm³/mol. The largest absolute Gasteiger partial charge is 0.496 e. The van der Waals surface area contributed by atoms with Crippen LogP contribution in [0.5, 0.6) is 17.2 Å². The number of hydrogen-bond acceptors (Lipinski definition) is 6. The molecule has 4 aromatic rings. The van der Waals surface area contributed by atoms with E-state index in [0.29, 0.717) is 27.9 Å². The summed E-state index contributed by atoms with van der Waals surface area (Å²) in [4.78, 5) is 11.7. The minimum Gasteiger partial charge on any atom is -0.496 e. The van der Waals surface area contributed by atoms with Crippen LogP contribution in [0.25, 0.3) is 33.3 Å². The standard InChI is InChI=1S/C22H20F2N4O5/c1-27-10-13(9-25-27)11-5-14-18(15(6-11)31-3)20(28(2)26-14)12-7-16(32-4)19(21(29)30)17(8-12)33-22(23)24/h5-10,22H,1-4H3,(H,29,30). The van der Waals surface area contributed by atoms with Crippen molar-refractivity contribution in [3.05, 3.63) is 42.2 Å². The van der Waals surface area contributed by atoms with Gasteiger partial charge in [-0.15, -0.1) is 0 Å². The first kappa shape index (κ1) is 22.1. The Labute approximate surface area is 186 Å². The van der Waals surface area contributed by atoms with E-state index in [1.54, 1.807) is 22.6 Å². The number of aryl methyl sites for hydroxylation is 2. The third-order valence-electron chi connectivity index (χ3n) is 5.15. The lowest BCUT2D eigenvalue weighted by Gasteiger charge is -2.15. The molecule has 2 aromatic heterocycles. The van der Waals surface area contributed by atoms with Crippen molar-refractivity contribution >= 4 is 16.9 Å². The number of aromatic nitrogens is 4. The van der Waals surface area contributed by atoms with E-state index < -0.39 is 23.9 Å². The lowest BCUT2D eigenvalue weighted by molar-refractivity contribution is -0.0504. The van der Waals surface area contributed by atoms with Crippen molar-refractivity contribution in [2.75, 3.05) is 14.2 Å². The number of ether oxygens (including phenoxy) is 3. The van der Waals surface area contributed by atoms with Crippen molar-refractivity contribution in [1.29, 1.82) is 0 Å². The highest BCUT2D eigenvalue weighted by Crippen LogP contribution is 2.42. The Bertz CT molecular complexity index is 1360. The fourth-order valence-corrected chi connectivity index (χ4v) is 3.81. The van der Waals surface area contributed by atoms with E-state index in [1.807, 2.05) is 25.4 Å². The van der Waals surface area contributed by atoms with E-state index in [2.05, 4.69) is 14.9 Å². The van der Waals surface area contributed by atoms with Crippen LogP contribution in [0.1, 0.15) is 10.4 Å². The first-order valence-electron chi connectivity index (χ1n) is 9.67. The second kappa shape index (κ2) is 8.41. The van der Waals surface area contributed by atoms with E-state index in [1.165, 1.54) is 26.4 Å². The van der Waals surface area contributed by atoms with Crippen LogP contribution < -0.4 is 14.2 Å². The first-order valence-corrected chi connectivity index (χ1v) is 9.67. The zero-order valence-corrected chi connectivity index (χ0v) is 18.2. The van der Waals surface area contributed by atoms with Gasteiger partial charge in [0.25, 0.3) is 0 Å². The molecule has 0 unspecified atom stereocenters. The number of halogens is 2. The van der Waals surface area contributed by atoms with Gasteiger partial charge in [0.2, 0.25) is 0 Å². The number of nitrogens with zero attached hydrogens (tertiary/aromatic N) is 4. The average molecular weight is 458 g/mol. The number of alkyl halides is 2. The molecule has 2 heterocycles. The summed E-state index contributed by atoms with van der Waals surface area (Å²) in [6, 6.07) is 6.34. The molecule has 2 aromatic carbocycles. The summed E-state index contributed by atoms with van der Waals surface area (Å²) >= 11 is 0. The maximum atomic E-state index is 13.0. The minimum atomic E-state index is -3.22. The zero-order chi connectivity index (χ0) is 23.9. The van der Waals surface area contributed by atoms with Gasteiger partial charge in [0, 0.05) is 31.4 Å². The molecule has 0 aliphatic heterocycles. The van der Waals surface area contributed by atoms with Gasteiger partial charge in [0.15, 0.2) is 0 Å². The van der Waals surface area contributed by atoms with Gasteiger partial charge in [-0.2, -0.15) is 19.0 Å². The summed E-state index contributed by atoms with van der Waals surface area (Å²) < 4.78 is 44.6. The van der Waals surface area contributed by atoms with Crippen molar-refractivity contribution in [2.24, 2.45) is 14.1 Å². The lowest BCUT2D eigenvalue weighted by atomic mass is 10.0. The number of rotatable bonds is 7. The third-order valence-corrected chi connectivity index (χ3v) is 5.15. The lowest BCUT2D eigenvalue weighted by Crippen LogP contribution is -2.10. The molecule has 0 atom stereocenters. The van der Waals surface area contributed by atoms with Crippen LogP contribution in [0.2, 0.25) is 0 Å². The SMILES string of the molecule is COc1cc(-c2c3c(OC)cc(-c4cnn(C)c4)cc3nn2C)cc(OC(F)F)c1C(=O)O. The number of benzene rings is 2. The van der Waals surface area contributed by atoms with Crippen LogP contribution in [0.4, 0.5) is 8.78 Å². The van der Waals surface area contributed by atoms with E-state index in [-0.39, 0.29) is 5.75 Å². The van der Waals surface area contributed by atoms with Gasteiger partial charge in [0.05, 0.1) is 37.0 Å². The maximum Gasteiger partial charge on any atom is 0.387 e.